The van der Waals surface area contributed by atoms with Crippen LogP contribution >= 0.6 is 0 Å². The highest BCUT2D eigenvalue weighted by atomic mass is 32.2. The Morgan fingerprint density at radius 3 is 2.45 bits per heavy atom. The smallest absolute Gasteiger partial charge is 0.324 e. The van der Waals surface area contributed by atoms with Gasteiger partial charge in [0.1, 0.15) is 16.8 Å². The number of nitrogens with two attached hydrogens (primary N) is 1. The standard InChI is InChI=1S/C12H17FN2O4S/c1-7(2)10(12(16)19-3)15-20(17,18)11-8(13)5-4-6-9(11)14/h4-7,10,15H,14H2,1-3H3. The van der Waals surface area contributed by atoms with Gasteiger partial charge >= 0.3 is 5.97 Å². The number of esters is 1. The lowest BCUT2D eigenvalue weighted by molar-refractivity contribution is -0.143. The molecule has 0 fully saturated rings. The average molecular weight is 304 g/mol. The second-order valence-corrected chi connectivity index (χ2v) is 6.18. The van der Waals surface area contributed by atoms with E-state index in [4.69, 9.17) is 5.73 Å². The lowest BCUT2D eigenvalue weighted by Crippen LogP contribution is -2.45. The second kappa shape index (κ2) is 6.19. The third kappa shape index (κ3) is 3.45. The zero-order valence-electron chi connectivity index (χ0n) is 11.4. The van der Waals surface area contributed by atoms with Crippen molar-refractivity contribution in [1.82, 2.24) is 4.72 Å². The summed E-state index contributed by atoms with van der Waals surface area (Å²) in [4.78, 5) is 10.9. The summed E-state index contributed by atoms with van der Waals surface area (Å²) in [7, 11) is -3.13. The van der Waals surface area contributed by atoms with E-state index < -0.39 is 32.7 Å². The molecule has 1 aromatic rings. The number of anilines is 1. The highest BCUT2D eigenvalue weighted by molar-refractivity contribution is 7.89. The third-order valence-electron chi connectivity index (χ3n) is 2.67. The number of halogens is 1. The van der Waals surface area contributed by atoms with Gasteiger partial charge in [0.2, 0.25) is 10.0 Å². The van der Waals surface area contributed by atoms with Crippen LogP contribution in [0.3, 0.4) is 0 Å². The number of rotatable bonds is 5. The minimum atomic E-state index is -4.27. The molecule has 0 radical (unpaired) electrons. The van der Waals surface area contributed by atoms with Gasteiger partial charge in [-0.15, -0.1) is 0 Å². The Morgan fingerprint density at radius 1 is 1.40 bits per heavy atom. The fraction of sp³-hybridized carbons (Fsp3) is 0.417. The molecule has 1 rings (SSSR count). The summed E-state index contributed by atoms with van der Waals surface area (Å²) in [6.07, 6.45) is 0. The number of hydrogen-bond acceptors (Lipinski definition) is 5. The number of carbonyl (C=O) groups is 1. The molecule has 112 valence electrons. The van der Waals surface area contributed by atoms with Gasteiger partial charge in [-0.05, 0) is 18.1 Å². The molecular weight excluding hydrogens is 287 g/mol. The van der Waals surface area contributed by atoms with Gasteiger partial charge in [0.25, 0.3) is 0 Å². The molecule has 1 aromatic carbocycles. The van der Waals surface area contributed by atoms with Gasteiger partial charge in [-0.25, -0.2) is 12.8 Å². The van der Waals surface area contributed by atoms with Gasteiger partial charge in [-0.2, -0.15) is 4.72 Å². The van der Waals surface area contributed by atoms with E-state index >= 15 is 0 Å². The topological polar surface area (TPSA) is 98.5 Å². The van der Waals surface area contributed by atoms with Crippen LogP contribution in [0.4, 0.5) is 10.1 Å². The molecule has 0 aliphatic carbocycles. The maximum atomic E-state index is 13.7. The molecular formula is C12H17FN2O4S. The van der Waals surface area contributed by atoms with Gasteiger partial charge in [0.15, 0.2) is 0 Å². The van der Waals surface area contributed by atoms with Gasteiger partial charge in [0.05, 0.1) is 12.8 Å². The molecule has 0 saturated carbocycles. The number of sulfonamides is 1. The van der Waals surface area contributed by atoms with Crippen LogP contribution in [0.2, 0.25) is 0 Å². The number of methoxy groups -OCH3 is 1. The summed E-state index contributed by atoms with van der Waals surface area (Å²) in [6.45, 7) is 3.27. The minimum absolute atomic E-state index is 0.232. The molecule has 0 aliphatic rings. The molecule has 3 N–H and O–H groups in total. The average Bonchev–Trinajstić information content (AvgIpc) is 2.34. The number of nitrogen functional groups attached to an aromatic ring is 1. The van der Waals surface area contributed by atoms with Crippen molar-refractivity contribution >= 4 is 21.7 Å². The Bertz CT molecular complexity index is 581. The predicted molar refractivity (Wildman–Crippen MR) is 71.8 cm³/mol. The van der Waals surface area contributed by atoms with E-state index in [1.54, 1.807) is 13.8 Å². The van der Waals surface area contributed by atoms with Crippen molar-refractivity contribution in [3.8, 4) is 0 Å². The van der Waals surface area contributed by atoms with Crippen LogP contribution in [0, 0.1) is 11.7 Å². The van der Waals surface area contributed by atoms with Crippen molar-refractivity contribution in [2.24, 2.45) is 5.92 Å². The van der Waals surface area contributed by atoms with Crippen LogP contribution in [0.5, 0.6) is 0 Å². The molecule has 0 spiro atoms. The minimum Gasteiger partial charge on any atom is -0.468 e. The Balaban J connectivity index is 3.20. The number of nitrogens with one attached hydrogen (secondary N) is 1. The second-order valence-electron chi connectivity index (χ2n) is 4.52. The van der Waals surface area contributed by atoms with Gasteiger partial charge in [-0.3, -0.25) is 4.79 Å². The Hall–Kier alpha value is -1.67. The Morgan fingerprint density at radius 2 is 2.00 bits per heavy atom. The molecule has 8 heteroatoms. The van der Waals surface area contributed by atoms with E-state index in [9.17, 15) is 17.6 Å². The molecule has 0 heterocycles. The summed E-state index contributed by atoms with van der Waals surface area (Å²) < 4.78 is 44.6. The van der Waals surface area contributed by atoms with Crippen LogP contribution < -0.4 is 10.5 Å². The Labute approximate surface area is 117 Å². The van der Waals surface area contributed by atoms with Crippen LogP contribution in [-0.4, -0.2) is 27.5 Å². The zero-order valence-corrected chi connectivity index (χ0v) is 12.2. The van der Waals surface area contributed by atoms with E-state index in [0.717, 1.165) is 13.2 Å². The first kappa shape index (κ1) is 16.4. The Kier molecular flexibility index (Phi) is 5.07. The summed E-state index contributed by atoms with van der Waals surface area (Å²) in [5.41, 5.74) is 5.26. The van der Waals surface area contributed by atoms with Gasteiger partial charge in [-0.1, -0.05) is 19.9 Å². The normalized spacial score (nSPS) is 13.2. The number of ether oxygens (including phenoxy) is 1. The first-order chi connectivity index (χ1) is 9.20. The largest absolute Gasteiger partial charge is 0.468 e. The summed E-state index contributed by atoms with van der Waals surface area (Å²) in [5.74, 6) is -2.10. The van der Waals surface area contributed by atoms with E-state index in [1.165, 1.54) is 12.1 Å². The molecule has 0 aromatic heterocycles. The van der Waals surface area contributed by atoms with E-state index in [-0.39, 0.29) is 11.6 Å². The predicted octanol–water partition coefficient (Wildman–Crippen LogP) is 0.884. The fourth-order valence-electron chi connectivity index (χ4n) is 1.62. The van der Waals surface area contributed by atoms with Crippen molar-refractivity contribution in [1.29, 1.82) is 0 Å². The molecule has 6 nitrogen and oxygen atoms in total. The SMILES string of the molecule is COC(=O)C(NS(=O)(=O)c1c(N)cccc1F)C(C)C. The molecule has 0 saturated heterocycles. The monoisotopic (exact) mass is 304 g/mol. The maximum absolute atomic E-state index is 13.7. The first-order valence-corrected chi connectivity index (χ1v) is 7.33. The summed E-state index contributed by atoms with van der Waals surface area (Å²) in [6, 6.07) is 2.42. The maximum Gasteiger partial charge on any atom is 0.324 e. The van der Waals surface area contributed by atoms with Crippen molar-refractivity contribution in [2.45, 2.75) is 24.8 Å². The molecule has 0 bridgehead atoms. The number of carbonyl (C=O) groups excluding carboxylic acids is 1. The number of benzene rings is 1. The van der Waals surface area contributed by atoms with E-state index in [0.29, 0.717) is 0 Å². The lowest BCUT2D eigenvalue weighted by atomic mass is 10.1. The zero-order chi connectivity index (χ0) is 15.5. The van der Waals surface area contributed by atoms with Crippen molar-refractivity contribution < 1.29 is 22.3 Å². The first-order valence-electron chi connectivity index (χ1n) is 5.85. The molecule has 0 amide bonds. The highest BCUT2D eigenvalue weighted by Crippen LogP contribution is 2.22. The van der Waals surface area contributed by atoms with Crippen molar-refractivity contribution in [2.75, 3.05) is 12.8 Å². The highest BCUT2D eigenvalue weighted by Gasteiger charge is 2.31. The van der Waals surface area contributed by atoms with Crippen molar-refractivity contribution in [3.05, 3.63) is 24.0 Å². The molecule has 20 heavy (non-hydrogen) atoms. The van der Waals surface area contributed by atoms with Crippen LogP contribution in [-0.2, 0) is 19.6 Å². The molecule has 1 unspecified atom stereocenters. The van der Waals surface area contributed by atoms with Gasteiger partial charge < -0.3 is 10.5 Å². The number of hydrogen-bond donors (Lipinski definition) is 2. The van der Waals surface area contributed by atoms with Crippen LogP contribution in [0.15, 0.2) is 23.1 Å². The van der Waals surface area contributed by atoms with Crippen molar-refractivity contribution in [3.63, 3.8) is 0 Å². The quantitative estimate of drug-likeness (QED) is 0.621. The third-order valence-corrected chi connectivity index (χ3v) is 4.20. The fourth-order valence-corrected chi connectivity index (χ4v) is 3.14. The molecule has 1 atom stereocenters. The summed E-state index contributed by atoms with van der Waals surface area (Å²) >= 11 is 0. The lowest BCUT2D eigenvalue weighted by Gasteiger charge is -2.20. The van der Waals surface area contributed by atoms with E-state index in [1.807, 2.05) is 0 Å². The summed E-state index contributed by atoms with van der Waals surface area (Å²) in [5, 5.41) is 0. The molecule has 0 aliphatic heterocycles. The van der Waals surface area contributed by atoms with E-state index in [2.05, 4.69) is 9.46 Å². The van der Waals surface area contributed by atoms with Crippen LogP contribution in [0.1, 0.15) is 13.8 Å². The van der Waals surface area contributed by atoms with Gasteiger partial charge in [0, 0.05) is 0 Å². The van der Waals surface area contributed by atoms with Crippen LogP contribution in [0.25, 0.3) is 0 Å².